The predicted octanol–water partition coefficient (Wildman–Crippen LogP) is 6.86. The summed E-state index contributed by atoms with van der Waals surface area (Å²) >= 11 is 0. The first-order valence-electron chi connectivity index (χ1n) is 9.80. The summed E-state index contributed by atoms with van der Waals surface area (Å²) in [6.45, 7) is 2.21. The van der Waals surface area contributed by atoms with Crippen LogP contribution < -0.4 is 0 Å². The van der Waals surface area contributed by atoms with Gasteiger partial charge in [0.25, 0.3) is 0 Å². The zero-order chi connectivity index (χ0) is 18.8. The van der Waals surface area contributed by atoms with Crippen LogP contribution in [0.15, 0.2) is 60.7 Å². The van der Waals surface area contributed by atoms with E-state index in [1.807, 2.05) is 6.07 Å². The highest BCUT2D eigenvalue weighted by molar-refractivity contribution is 5.65. The molecule has 0 N–H and O–H groups in total. The smallest absolute Gasteiger partial charge is 0.159 e. The van der Waals surface area contributed by atoms with Crippen molar-refractivity contribution in [3.63, 3.8) is 0 Å². The van der Waals surface area contributed by atoms with Gasteiger partial charge in [0.15, 0.2) is 11.6 Å². The van der Waals surface area contributed by atoms with Crippen LogP contribution >= 0.6 is 0 Å². The molecule has 4 rings (SSSR count). The van der Waals surface area contributed by atoms with E-state index in [0.717, 1.165) is 36.8 Å². The summed E-state index contributed by atoms with van der Waals surface area (Å²) in [7, 11) is 0. The van der Waals surface area contributed by atoms with Gasteiger partial charge in [0.2, 0.25) is 0 Å². The molecule has 0 saturated carbocycles. The highest BCUT2D eigenvalue weighted by Gasteiger charge is 2.20. The van der Waals surface area contributed by atoms with Crippen LogP contribution in [0.1, 0.15) is 47.9 Å². The van der Waals surface area contributed by atoms with Gasteiger partial charge in [0, 0.05) is 0 Å². The molecule has 27 heavy (non-hydrogen) atoms. The van der Waals surface area contributed by atoms with Crippen molar-refractivity contribution in [3.05, 3.63) is 94.6 Å². The van der Waals surface area contributed by atoms with Crippen LogP contribution in [0.25, 0.3) is 11.1 Å². The molecule has 138 valence electrons. The van der Waals surface area contributed by atoms with Gasteiger partial charge in [-0.1, -0.05) is 61.9 Å². The van der Waals surface area contributed by atoms with Crippen LogP contribution in [-0.4, -0.2) is 0 Å². The molecule has 2 heteroatoms. The SMILES string of the molecule is CCCc1ccc(C2CCc3cc(-c4ccc(F)c(F)c4)ccc3C2)cc1. The van der Waals surface area contributed by atoms with Crippen molar-refractivity contribution in [1.82, 2.24) is 0 Å². The first kappa shape index (κ1) is 17.9. The van der Waals surface area contributed by atoms with Crippen molar-refractivity contribution in [3.8, 4) is 11.1 Å². The lowest BCUT2D eigenvalue weighted by Gasteiger charge is -2.26. The molecule has 1 aliphatic rings. The third-order valence-corrected chi connectivity index (χ3v) is 5.68. The number of halogens is 2. The van der Waals surface area contributed by atoms with E-state index in [4.69, 9.17) is 0 Å². The summed E-state index contributed by atoms with van der Waals surface area (Å²) < 4.78 is 26.7. The standard InChI is InChI=1S/C25H24F2/c1-2-3-17-4-6-18(7-5-17)19-8-9-21-15-22(11-10-20(21)14-19)23-12-13-24(26)25(27)16-23/h4-7,10-13,15-16,19H,2-3,8-9,14H2,1H3. The largest absolute Gasteiger partial charge is 0.204 e. The van der Waals surface area contributed by atoms with Crippen LogP contribution in [-0.2, 0) is 19.3 Å². The second-order valence-electron chi connectivity index (χ2n) is 7.54. The Bertz CT molecular complexity index is 941. The number of aryl methyl sites for hydroxylation is 2. The molecule has 0 fully saturated rings. The van der Waals surface area contributed by atoms with Crippen molar-refractivity contribution in [1.29, 1.82) is 0 Å². The van der Waals surface area contributed by atoms with Crippen molar-refractivity contribution >= 4 is 0 Å². The molecule has 1 atom stereocenters. The van der Waals surface area contributed by atoms with Gasteiger partial charge in [0.05, 0.1) is 0 Å². The normalized spacial score (nSPS) is 16.2. The molecular formula is C25H24F2. The van der Waals surface area contributed by atoms with E-state index in [1.165, 1.54) is 40.8 Å². The first-order valence-corrected chi connectivity index (χ1v) is 9.80. The molecule has 0 aromatic heterocycles. The minimum absolute atomic E-state index is 0.558. The molecule has 1 unspecified atom stereocenters. The Morgan fingerprint density at radius 3 is 2.30 bits per heavy atom. The topological polar surface area (TPSA) is 0 Å². The Morgan fingerprint density at radius 2 is 1.56 bits per heavy atom. The molecule has 0 nitrogen and oxygen atoms in total. The lowest BCUT2D eigenvalue weighted by molar-refractivity contribution is 0.509. The van der Waals surface area contributed by atoms with E-state index in [-0.39, 0.29) is 0 Å². The molecule has 0 spiro atoms. The summed E-state index contributed by atoms with van der Waals surface area (Å²) in [6, 6.07) is 19.5. The molecule has 1 aliphatic carbocycles. The van der Waals surface area contributed by atoms with E-state index < -0.39 is 11.6 Å². The number of benzene rings is 3. The Labute approximate surface area is 159 Å². The minimum atomic E-state index is -0.801. The van der Waals surface area contributed by atoms with E-state index in [1.54, 1.807) is 6.07 Å². The number of rotatable bonds is 4. The van der Waals surface area contributed by atoms with Gasteiger partial charge in [-0.2, -0.15) is 0 Å². The summed E-state index contributed by atoms with van der Waals surface area (Å²) in [4.78, 5) is 0. The van der Waals surface area contributed by atoms with Gasteiger partial charge in [-0.3, -0.25) is 0 Å². The molecule has 0 heterocycles. The molecule has 0 radical (unpaired) electrons. The quantitative estimate of drug-likeness (QED) is 0.476. The number of hydrogen-bond donors (Lipinski definition) is 0. The van der Waals surface area contributed by atoms with Gasteiger partial charge < -0.3 is 0 Å². The van der Waals surface area contributed by atoms with Crippen LogP contribution in [0, 0.1) is 11.6 Å². The van der Waals surface area contributed by atoms with Crippen LogP contribution in [0.3, 0.4) is 0 Å². The minimum Gasteiger partial charge on any atom is -0.204 e. The highest BCUT2D eigenvalue weighted by Crippen LogP contribution is 2.35. The summed E-state index contributed by atoms with van der Waals surface area (Å²) in [5.41, 5.74) is 7.21. The number of hydrogen-bond acceptors (Lipinski definition) is 0. The first-order chi connectivity index (χ1) is 13.1. The second kappa shape index (κ2) is 7.64. The average molecular weight is 362 g/mol. The Hall–Kier alpha value is -2.48. The highest BCUT2D eigenvalue weighted by atomic mass is 19.2. The van der Waals surface area contributed by atoms with E-state index in [2.05, 4.69) is 43.3 Å². The summed E-state index contributed by atoms with van der Waals surface area (Å²) in [6.07, 6.45) is 5.51. The van der Waals surface area contributed by atoms with Crippen LogP contribution in [0.2, 0.25) is 0 Å². The third-order valence-electron chi connectivity index (χ3n) is 5.68. The molecule has 0 saturated heterocycles. The molecular weight excluding hydrogens is 338 g/mol. The zero-order valence-electron chi connectivity index (χ0n) is 15.6. The average Bonchev–Trinajstić information content (AvgIpc) is 2.70. The Balaban J connectivity index is 1.54. The molecule has 0 amide bonds. The fourth-order valence-electron chi connectivity index (χ4n) is 4.14. The van der Waals surface area contributed by atoms with Gasteiger partial charge in [0.1, 0.15) is 0 Å². The van der Waals surface area contributed by atoms with Crippen molar-refractivity contribution in [2.24, 2.45) is 0 Å². The lowest BCUT2D eigenvalue weighted by atomic mass is 9.79. The maximum Gasteiger partial charge on any atom is 0.159 e. The molecule has 0 aliphatic heterocycles. The summed E-state index contributed by atoms with van der Waals surface area (Å²) in [5.74, 6) is -1.04. The maximum absolute atomic E-state index is 13.5. The summed E-state index contributed by atoms with van der Waals surface area (Å²) in [5, 5.41) is 0. The Kier molecular flexibility index (Phi) is 5.07. The van der Waals surface area contributed by atoms with Gasteiger partial charge in [-0.05, 0) is 77.1 Å². The van der Waals surface area contributed by atoms with Crippen LogP contribution in [0.5, 0.6) is 0 Å². The lowest BCUT2D eigenvalue weighted by Crippen LogP contribution is -2.13. The second-order valence-corrected chi connectivity index (χ2v) is 7.54. The fraction of sp³-hybridized carbons (Fsp3) is 0.280. The van der Waals surface area contributed by atoms with E-state index >= 15 is 0 Å². The van der Waals surface area contributed by atoms with E-state index in [9.17, 15) is 8.78 Å². The van der Waals surface area contributed by atoms with Gasteiger partial charge in [-0.25, -0.2) is 8.78 Å². The van der Waals surface area contributed by atoms with Crippen molar-refractivity contribution in [2.45, 2.75) is 44.9 Å². The third kappa shape index (κ3) is 3.80. The maximum atomic E-state index is 13.5. The number of fused-ring (bicyclic) bond motifs is 1. The monoisotopic (exact) mass is 362 g/mol. The van der Waals surface area contributed by atoms with Gasteiger partial charge in [-0.15, -0.1) is 0 Å². The molecule has 0 bridgehead atoms. The van der Waals surface area contributed by atoms with E-state index in [0.29, 0.717) is 5.92 Å². The zero-order valence-corrected chi connectivity index (χ0v) is 15.6. The fourth-order valence-corrected chi connectivity index (χ4v) is 4.14. The molecule has 3 aromatic carbocycles. The Morgan fingerprint density at radius 1 is 0.815 bits per heavy atom. The van der Waals surface area contributed by atoms with Crippen molar-refractivity contribution in [2.75, 3.05) is 0 Å². The van der Waals surface area contributed by atoms with Crippen LogP contribution in [0.4, 0.5) is 8.78 Å². The van der Waals surface area contributed by atoms with Gasteiger partial charge >= 0.3 is 0 Å². The predicted molar refractivity (Wildman–Crippen MR) is 107 cm³/mol. The molecule has 3 aromatic rings. The van der Waals surface area contributed by atoms with Crippen molar-refractivity contribution < 1.29 is 8.78 Å².